The van der Waals surface area contributed by atoms with Crippen molar-refractivity contribution in [3.8, 4) is 68.5 Å². The van der Waals surface area contributed by atoms with Crippen LogP contribution in [0.3, 0.4) is 0 Å². The second-order valence-electron chi connectivity index (χ2n) is 23.4. The highest BCUT2D eigenvalue weighted by atomic mass is 32.2. The van der Waals surface area contributed by atoms with Gasteiger partial charge < -0.3 is 29.9 Å². The Kier molecular flexibility index (Phi) is 29.8. The fourth-order valence-electron chi connectivity index (χ4n) is 8.30. The topological polar surface area (TPSA) is 237 Å². The summed E-state index contributed by atoms with van der Waals surface area (Å²) < 4.78 is 178. The van der Waals surface area contributed by atoms with Crippen molar-refractivity contribution in [1.29, 1.82) is 0 Å². The molecule has 109 heavy (non-hydrogen) atoms. The van der Waals surface area contributed by atoms with Crippen molar-refractivity contribution < 1.29 is 92.2 Å². The number of carboxylic acid groups (broad SMARTS) is 1. The summed E-state index contributed by atoms with van der Waals surface area (Å²) in [5.41, 5.74) is -2.89. The third-order valence-electron chi connectivity index (χ3n) is 14.4. The standard InChI is InChI=1S/C21H19F3N2O2S2.C20H17F3N2O3S2.C16H11F3N2OS2.C10H7F3N2OS.C6H6OS/c1-13(27)20(2,3)28-16-8-10-17(11-9-16)29-12-18-25-19(26-30-18)14-4-6-15(7-5-14)21(22,23)24;1-19(2,18(26)27)28-14-7-9-15(10-8-14)29-11-16-24-17(25-30-16)12-3-5-13(6-4-12)20(21,22)23;17-16(18,19)11-3-1-10(2-4-11)15-20-14(24-21-15)9-23-13-7-5-12(22)6-8-13;11-10(12,13)7-3-1-6(2-4-7)9-14-8(5-16)17-15-9;7-5-1-3-6(8)4-2-5/h4-11H,12H2,1-3H3;3-10H,11H2,1-2H3,(H,26,27);1-8,22H,9H2;1-4,16H,5H2;1-4,7-8H. The number of nitrogens with zero attached hydrogens (tertiary/aromatic N) is 8. The number of alkyl halides is 12. The normalized spacial score (nSPS) is 11.7. The van der Waals surface area contributed by atoms with Gasteiger partial charge >= 0.3 is 30.7 Å². The number of carboxylic acids is 1. The van der Waals surface area contributed by atoms with E-state index in [0.29, 0.717) is 79.3 Å². The lowest BCUT2D eigenvalue weighted by Crippen LogP contribution is -2.37. The number of aromatic hydroxyl groups is 2. The zero-order valence-corrected chi connectivity index (χ0v) is 63.8. The SMILES string of the molecule is CC(=O)C(C)(C)Oc1ccc(SCc2nc(-c3ccc(C(F)(F)F)cc3)ns2)cc1.CC(C)(Oc1ccc(SCc2nc(-c3ccc(C(F)(F)F)cc3)ns2)cc1)C(=O)O.OCc1nc(-c2ccc(C(F)(F)F)cc2)ns1.Oc1ccc(S)cc1.Oc1ccc(SCc2nc(-c3ccc(C(F)(F)F)cc3)ns2)cc1. The maximum atomic E-state index is 12.7. The Bertz CT molecular complexity index is 4690. The third-order valence-corrected chi connectivity index (χ3v) is 21.2. The number of phenolic OH excluding ortho intramolecular Hbond substituents is 2. The molecule has 0 aliphatic carbocycles. The zero-order valence-electron chi connectivity index (χ0n) is 57.1. The van der Waals surface area contributed by atoms with Crippen LogP contribution in [0.15, 0.2) is 214 Å². The summed E-state index contributed by atoms with van der Waals surface area (Å²) in [4.78, 5) is 43.6. The number of aromatic nitrogens is 8. The molecule has 12 aromatic rings. The average molecular weight is 1660 g/mol. The molecule has 16 nitrogen and oxygen atoms in total. The highest BCUT2D eigenvalue weighted by Gasteiger charge is 2.34. The highest BCUT2D eigenvalue weighted by molar-refractivity contribution is 7.99. The molecule has 0 aliphatic rings. The summed E-state index contributed by atoms with van der Waals surface area (Å²) in [6, 6.07) is 46.9. The summed E-state index contributed by atoms with van der Waals surface area (Å²) in [5, 5.41) is 38.6. The molecule has 4 aromatic heterocycles. The van der Waals surface area contributed by atoms with Gasteiger partial charge in [-0.15, -0.1) is 47.9 Å². The van der Waals surface area contributed by atoms with Crippen LogP contribution in [0.25, 0.3) is 45.6 Å². The van der Waals surface area contributed by atoms with Crippen LogP contribution in [0.2, 0.25) is 0 Å². The molecular formula is C73H60F12N8O8S8. The molecule has 0 aliphatic heterocycles. The molecule has 0 radical (unpaired) electrons. The molecule has 0 fully saturated rings. The van der Waals surface area contributed by atoms with Crippen molar-refractivity contribution in [2.75, 3.05) is 0 Å². The number of carbonyl (C=O) groups is 2. The zero-order chi connectivity index (χ0) is 79.5. The van der Waals surface area contributed by atoms with Crippen LogP contribution < -0.4 is 9.47 Å². The molecule has 8 aromatic carbocycles. The number of thiol groups is 1. The minimum Gasteiger partial charge on any atom is -0.508 e. The summed E-state index contributed by atoms with van der Waals surface area (Å²) in [6.45, 7) is 7.66. The van der Waals surface area contributed by atoms with E-state index in [-0.39, 0.29) is 23.9 Å². The van der Waals surface area contributed by atoms with Crippen molar-refractivity contribution in [3.63, 3.8) is 0 Å². The van der Waals surface area contributed by atoms with Gasteiger partial charge in [-0.2, -0.15) is 70.2 Å². The van der Waals surface area contributed by atoms with E-state index < -0.39 is 64.1 Å². The number of carbonyl (C=O) groups excluding carboxylic acids is 1. The predicted octanol–water partition coefficient (Wildman–Crippen LogP) is 21.6. The Labute approximate surface area is 649 Å². The number of Topliss-reactive ketones (excluding diaryl/α,β-unsaturated/α-hetero) is 1. The second kappa shape index (κ2) is 38.0. The Morgan fingerprint density at radius 1 is 0.385 bits per heavy atom. The minimum atomic E-state index is -4.38. The molecule has 0 atom stereocenters. The van der Waals surface area contributed by atoms with E-state index in [2.05, 4.69) is 50.1 Å². The summed E-state index contributed by atoms with van der Waals surface area (Å²) in [7, 11) is 0. The molecule has 0 spiro atoms. The van der Waals surface area contributed by atoms with Crippen molar-refractivity contribution in [1.82, 2.24) is 37.4 Å². The van der Waals surface area contributed by atoms with Gasteiger partial charge in [0.15, 0.2) is 40.3 Å². The first kappa shape index (κ1) is 85.5. The molecule has 4 heterocycles. The quantitative estimate of drug-likeness (QED) is 0.0271. The number of thioether (sulfide) groups is 3. The molecule has 0 amide bonds. The summed E-state index contributed by atoms with van der Waals surface area (Å²) >= 11 is 13.3. The van der Waals surface area contributed by atoms with Gasteiger partial charge in [0.25, 0.3) is 0 Å². The lowest BCUT2D eigenvalue weighted by Gasteiger charge is -2.23. The smallest absolute Gasteiger partial charge is 0.416 e. The first-order valence-electron chi connectivity index (χ1n) is 31.4. The minimum absolute atomic E-state index is 0.0546. The molecule has 572 valence electrons. The monoisotopic (exact) mass is 1660 g/mol. The van der Waals surface area contributed by atoms with Crippen molar-refractivity contribution in [3.05, 3.63) is 236 Å². The fourth-order valence-corrected chi connectivity index (χ4v) is 13.6. The van der Waals surface area contributed by atoms with Crippen LogP contribution in [-0.2, 0) is 58.2 Å². The van der Waals surface area contributed by atoms with Crippen LogP contribution in [0.1, 0.15) is 76.9 Å². The van der Waals surface area contributed by atoms with Gasteiger partial charge in [-0.25, -0.2) is 24.7 Å². The molecule has 0 bridgehead atoms. The molecule has 36 heteroatoms. The van der Waals surface area contributed by atoms with E-state index in [1.165, 1.54) is 116 Å². The molecule has 12 rings (SSSR count). The van der Waals surface area contributed by atoms with Crippen LogP contribution in [-0.4, -0.2) is 80.8 Å². The van der Waals surface area contributed by atoms with Crippen LogP contribution in [0.4, 0.5) is 52.7 Å². The van der Waals surface area contributed by atoms with Gasteiger partial charge in [-0.3, -0.25) is 4.79 Å². The van der Waals surface area contributed by atoms with E-state index in [4.69, 9.17) is 24.8 Å². The first-order valence-corrected chi connectivity index (χ1v) is 37.9. The molecule has 0 saturated heterocycles. The van der Waals surface area contributed by atoms with Gasteiger partial charge in [-0.1, -0.05) is 48.5 Å². The Balaban J connectivity index is 0.000000179. The largest absolute Gasteiger partial charge is 0.508 e. The van der Waals surface area contributed by atoms with Gasteiger partial charge in [0.1, 0.15) is 43.0 Å². The Morgan fingerprint density at radius 2 is 0.633 bits per heavy atom. The number of benzene rings is 8. The van der Waals surface area contributed by atoms with Crippen LogP contribution in [0.5, 0.6) is 23.0 Å². The van der Waals surface area contributed by atoms with Gasteiger partial charge in [0.05, 0.1) is 46.1 Å². The van der Waals surface area contributed by atoms with Crippen molar-refractivity contribution in [2.45, 2.75) is 114 Å². The van der Waals surface area contributed by atoms with Crippen LogP contribution in [0, 0.1) is 0 Å². The lowest BCUT2D eigenvalue weighted by molar-refractivity contribution is -0.152. The first-order chi connectivity index (χ1) is 51.3. The van der Waals surface area contributed by atoms with E-state index in [1.54, 1.807) is 110 Å². The number of rotatable bonds is 20. The summed E-state index contributed by atoms with van der Waals surface area (Å²) in [5.74, 6) is 3.73. The van der Waals surface area contributed by atoms with Crippen molar-refractivity contribution in [2.24, 2.45) is 0 Å². The van der Waals surface area contributed by atoms with E-state index in [0.717, 1.165) is 94.7 Å². The molecule has 0 saturated carbocycles. The maximum Gasteiger partial charge on any atom is 0.416 e. The maximum absolute atomic E-state index is 12.7. The fraction of sp³-hybridized carbons (Fsp3) is 0.205. The van der Waals surface area contributed by atoms with E-state index in [1.807, 2.05) is 24.3 Å². The summed E-state index contributed by atoms with van der Waals surface area (Å²) in [6.07, 6.45) is -17.4. The van der Waals surface area contributed by atoms with E-state index in [9.17, 15) is 67.4 Å². The third kappa shape index (κ3) is 26.8. The number of aliphatic hydroxyl groups is 1. The molecular weight excluding hydrogens is 1600 g/mol. The van der Waals surface area contributed by atoms with Gasteiger partial charge in [0.2, 0.25) is 0 Å². The number of phenols is 2. The number of aliphatic hydroxyl groups excluding tert-OH is 1. The lowest BCUT2D eigenvalue weighted by atomic mass is 10.1. The number of ether oxygens (including phenoxy) is 2. The van der Waals surface area contributed by atoms with Gasteiger partial charge in [0, 0.05) is 41.8 Å². The number of ketones is 1. The molecule has 4 N–H and O–H groups in total. The Hall–Kier alpha value is -9.14. The average Bonchev–Trinajstić information content (AvgIpc) is 1.79. The number of hydrogen-bond donors (Lipinski definition) is 5. The van der Waals surface area contributed by atoms with Crippen LogP contribution >= 0.6 is 94.0 Å². The highest BCUT2D eigenvalue weighted by Crippen LogP contribution is 2.37. The Morgan fingerprint density at radius 3 is 0.872 bits per heavy atom. The van der Waals surface area contributed by atoms with E-state index >= 15 is 0 Å². The predicted molar refractivity (Wildman–Crippen MR) is 400 cm³/mol. The number of aliphatic carboxylic acids is 1. The molecule has 0 unspecified atom stereocenters. The second-order valence-corrected chi connectivity index (χ2v) is 30.4. The van der Waals surface area contributed by atoms with Crippen molar-refractivity contribution >= 4 is 106 Å². The number of hydrogen-bond acceptors (Lipinski definition) is 23. The number of halogens is 12. The van der Waals surface area contributed by atoms with Gasteiger partial charge in [-0.05, 0) is 226 Å².